The van der Waals surface area contributed by atoms with E-state index in [-0.39, 0.29) is 5.69 Å². The van der Waals surface area contributed by atoms with Crippen molar-refractivity contribution in [2.45, 2.75) is 6.92 Å². The Morgan fingerprint density at radius 1 is 1.47 bits per heavy atom. The second-order valence-corrected chi connectivity index (χ2v) is 3.60. The van der Waals surface area contributed by atoms with Gasteiger partial charge < -0.3 is 15.4 Å². The fraction of sp³-hybridized carbons (Fsp3) is 0.182. The highest BCUT2D eigenvalue weighted by Gasteiger charge is 2.18. The Balaban J connectivity index is 2.98. The number of nitrogens with zero attached hydrogens (tertiary/aromatic N) is 1. The number of aromatic carboxylic acids is 1. The molecule has 0 radical (unpaired) electrons. The Hall–Kier alpha value is -1.97. The van der Waals surface area contributed by atoms with Crippen molar-refractivity contribution in [1.82, 2.24) is 4.57 Å². The summed E-state index contributed by atoms with van der Waals surface area (Å²) in [6.45, 7) is 1.94. The van der Waals surface area contributed by atoms with E-state index in [1.54, 1.807) is 11.6 Å². The molecule has 78 valence electrons. The molecule has 2 rings (SSSR count). The summed E-state index contributed by atoms with van der Waals surface area (Å²) >= 11 is 0. The number of nitrogen functional groups attached to an aromatic ring is 1. The van der Waals surface area contributed by atoms with E-state index < -0.39 is 5.97 Å². The maximum absolute atomic E-state index is 11.0. The van der Waals surface area contributed by atoms with Crippen molar-refractivity contribution in [2.24, 2.45) is 7.05 Å². The van der Waals surface area contributed by atoms with Gasteiger partial charge in [-0.2, -0.15) is 0 Å². The first-order valence-electron chi connectivity index (χ1n) is 4.60. The lowest BCUT2D eigenvalue weighted by Gasteiger charge is -2.01. The summed E-state index contributed by atoms with van der Waals surface area (Å²) in [7, 11) is 1.72. The van der Waals surface area contributed by atoms with Crippen LogP contribution in [-0.2, 0) is 7.05 Å². The molecule has 1 aromatic carbocycles. The van der Waals surface area contributed by atoms with Crippen molar-refractivity contribution in [3.05, 3.63) is 29.5 Å². The molecule has 3 N–H and O–H groups in total. The van der Waals surface area contributed by atoms with Crippen molar-refractivity contribution < 1.29 is 9.90 Å². The van der Waals surface area contributed by atoms with Gasteiger partial charge in [0.25, 0.3) is 0 Å². The van der Waals surface area contributed by atoms with Gasteiger partial charge in [0.05, 0.1) is 11.2 Å². The maximum atomic E-state index is 11.0. The molecule has 0 aliphatic carbocycles. The van der Waals surface area contributed by atoms with Gasteiger partial charge >= 0.3 is 5.97 Å². The van der Waals surface area contributed by atoms with Gasteiger partial charge in [-0.3, -0.25) is 0 Å². The number of rotatable bonds is 1. The van der Waals surface area contributed by atoms with Gasteiger partial charge in [-0.1, -0.05) is 18.2 Å². The van der Waals surface area contributed by atoms with Gasteiger partial charge in [0.2, 0.25) is 0 Å². The summed E-state index contributed by atoms with van der Waals surface area (Å²) < 4.78 is 1.63. The van der Waals surface area contributed by atoms with Gasteiger partial charge in [-0.15, -0.1) is 0 Å². The van der Waals surface area contributed by atoms with E-state index in [2.05, 4.69) is 0 Å². The lowest BCUT2D eigenvalue weighted by atomic mass is 10.1. The minimum Gasteiger partial charge on any atom is -0.477 e. The number of hydrogen-bond donors (Lipinski definition) is 2. The summed E-state index contributed by atoms with van der Waals surface area (Å²) in [5.74, 6) is -0.995. The van der Waals surface area contributed by atoms with Crippen LogP contribution in [0.3, 0.4) is 0 Å². The molecular formula is C11H12N2O2. The average Bonchev–Trinajstić information content (AvgIpc) is 2.40. The Labute approximate surface area is 86.9 Å². The number of aromatic nitrogens is 1. The number of anilines is 1. The van der Waals surface area contributed by atoms with Crippen LogP contribution in [-0.4, -0.2) is 15.6 Å². The first-order valence-corrected chi connectivity index (χ1v) is 4.60. The second-order valence-electron chi connectivity index (χ2n) is 3.60. The quantitative estimate of drug-likeness (QED) is 0.743. The number of hydrogen-bond acceptors (Lipinski definition) is 2. The van der Waals surface area contributed by atoms with Crippen LogP contribution in [0.25, 0.3) is 10.9 Å². The van der Waals surface area contributed by atoms with Crippen molar-refractivity contribution in [1.29, 1.82) is 0 Å². The van der Waals surface area contributed by atoms with Crippen LogP contribution in [0.4, 0.5) is 5.69 Å². The molecule has 1 heterocycles. The first-order chi connectivity index (χ1) is 7.04. The van der Waals surface area contributed by atoms with Crippen molar-refractivity contribution >= 4 is 22.6 Å². The number of aryl methyl sites for hydroxylation is 2. The Morgan fingerprint density at radius 3 is 2.67 bits per heavy atom. The smallest absolute Gasteiger partial charge is 0.354 e. The highest BCUT2D eigenvalue weighted by Crippen LogP contribution is 2.29. The first kappa shape index (κ1) is 9.58. The van der Waals surface area contributed by atoms with Crippen molar-refractivity contribution in [2.75, 3.05) is 5.73 Å². The third kappa shape index (κ3) is 1.18. The van der Waals surface area contributed by atoms with Crippen molar-refractivity contribution in [3.8, 4) is 0 Å². The summed E-state index contributed by atoms with van der Waals surface area (Å²) in [5, 5.41) is 9.84. The van der Waals surface area contributed by atoms with Gasteiger partial charge in [0, 0.05) is 12.4 Å². The molecule has 0 atom stereocenters. The van der Waals surface area contributed by atoms with Crippen LogP contribution in [0.1, 0.15) is 16.1 Å². The maximum Gasteiger partial charge on any atom is 0.354 e. The minimum atomic E-state index is -0.995. The van der Waals surface area contributed by atoms with Crippen LogP contribution in [0.2, 0.25) is 0 Å². The number of nitrogens with two attached hydrogens (primary N) is 1. The zero-order valence-corrected chi connectivity index (χ0v) is 8.61. The third-order valence-electron chi connectivity index (χ3n) is 2.66. The van der Waals surface area contributed by atoms with Crippen LogP contribution in [0, 0.1) is 6.92 Å². The fourth-order valence-corrected chi connectivity index (χ4v) is 2.00. The summed E-state index contributed by atoms with van der Waals surface area (Å²) in [6.07, 6.45) is 0. The summed E-state index contributed by atoms with van der Waals surface area (Å²) in [6, 6.07) is 5.65. The van der Waals surface area contributed by atoms with E-state index >= 15 is 0 Å². The minimum absolute atomic E-state index is 0.152. The van der Waals surface area contributed by atoms with Gasteiger partial charge in [0.1, 0.15) is 0 Å². The fourth-order valence-electron chi connectivity index (χ4n) is 2.00. The molecule has 0 saturated heterocycles. The zero-order chi connectivity index (χ0) is 11.2. The normalized spacial score (nSPS) is 10.8. The number of carboxylic acids is 1. The zero-order valence-electron chi connectivity index (χ0n) is 8.61. The number of benzene rings is 1. The molecule has 0 saturated carbocycles. The molecule has 15 heavy (non-hydrogen) atoms. The molecule has 0 bridgehead atoms. The SMILES string of the molecule is Cc1cccc2c(N)c(C(=O)O)n(C)c12. The standard InChI is InChI=1S/C11H12N2O2/c1-6-4-3-5-7-8(12)10(11(14)15)13(2)9(6)7/h3-5H,12H2,1-2H3,(H,14,15). The van der Waals surface area contributed by atoms with Crippen molar-refractivity contribution in [3.63, 3.8) is 0 Å². The van der Waals surface area contributed by atoms with Crippen LogP contribution < -0.4 is 5.73 Å². The number of fused-ring (bicyclic) bond motifs is 1. The molecule has 0 amide bonds. The van der Waals surface area contributed by atoms with Gasteiger partial charge in [-0.05, 0) is 12.5 Å². The van der Waals surface area contributed by atoms with E-state index in [4.69, 9.17) is 10.8 Å². The monoisotopic (exact) mass is 204 g/mol. The van der Waals surface area contributed by atoms with E-state index in [1.165, 1.54) is 0 Å². The third-order valence-corrected chi connectivity index (χ3v) is 2.66. The lowest BCUT2D eigenvalue weighted by Crippen LogP contribution is -2.07. The van der Waals surface area contributed by atoms with Gasteiger partial charge in [0.15, 0.2) is 5.69 Å². The van der Waals surface area contributed by atoms with E-state index in [9.17, 15) is 4.79 Å². The topological polar surface area (TPSA) is 68.2 Å². The number of carbonyl (C=O) groups is 1. The highest BCUT2D eigenvalue weighted by atomic mass is 16.4. The van der Waals surface area contributed by atoms with E-state index in [0.29, 0.717) is 5.69 Å². The average molecular weight is 204 g/mol. The largest absolute Gasteiger partial charge is 0.477 e. The molecular weight excluding hydrogens is 192 g/mol. The lowest BCUT2D eigenvalue weighted by molar-refractivity contribution is 0.0688. The second kappa shape index (κ2) is 3.02. The summed E-state index contributed by atoms with van der Waals surface area (Å²) in [5.41, 5.74) is 8.20. The highest BCUT2D eigenvalue weighted by molar-refractivity contribution is 6.06. The molecule has 0 unspecified atom stereocenters. The predicted octanol–water partition coefficient (Wildman–Crippen LogP) is 1.77. The van der Waals surface area contributed by atoms with E-state index in [1.807, 2.05) is 25.1 Å². The molecule has 0 spiro atoms. The van der Waals surface area contributed by atoms with Crippen LogP contribution in [0.5, 0.6) is 0 Å². The number of para-hydroxylation sites is 1. The molecule has 0 fully saturated rings. The predicted molar refractivity (Wildman–Crippen MR) is 59.0 cm³/mol. The van der Waals surface area contributed by atoms with Crippen LogP contribution in [0.15, 0.2) is 18.2 Å². The molecule has 0 aliphatic heterocycles. The Bertz CT molecular complexity index is 555. The molecule has 4 heteroatoms. The molecule has 2 aromatic rings. The van der Waals surface area contributed by atoms with Gasteiger partial charge in [-0.25, -0.2) is 4.79 Å². The molecule has 4 nitrogen and oxygen atoms in total. The Kier molecular flexibility index (Phi) is 1.93. The molecule has 0 aliphatic rings. The molecule has 1 aromatic heterocycles. The Morgan fingerprint density at radius 2 is 2.13 bits per heavy atom. The number of carboxylic acid groups (broad SMARTS) is 1. The summed E-state index contributed by atoms with van der Waals surface area (Å²) in [4.78, 5) is 11.0. The van der Waals surface area contributed by atoms with E-state index in [0.717, 1.165) is 16.5 Å². The van der Waals surface area contributed by atoms with Crippen LogP contribution >= 0.6 is 0 Å².